The van der Waals surface area contributed by atoms with Crippen molar-refractivity contribution in [3.63, 3.8) is 0 Å². The molecular weight excluding hydrogens is 446 g/mol. The molecule has 4 heteroatoms. The van der Waals surface area contributed by atoms with Gasteiger partial charge < -0.3 is 15.5 Å². The Kier molecular flexibility index (Phi) is 27.1. The number of hydrogen-bond acceptors (Lipinski definition) is 3. The Morgan fingerprint density at radius 1 is 0.639 bits per heavy atom. The first kappa shape index (κ1) is 34.6. The van der Waals surface area contributed by atoms with Crippen molar-refractivity contribution in [2.24, 2.45) is 0 Å². The van der Waals surface area contributed by atoms with E-state index in [1.807, 2.05) is 6.08 Å². The molecule has 0 aliphatic heterocycles. The van der Waals surface area contributed by atoms with Crippen LogP contribution in [0.2, 0.25) is 0 Å². The highest BCUT2D eigenvalue weighted by atomic mass is 16.3. The summed E-state index contributed by atoms with van der Waals surface area (Å²) in [6.45, 7) is 3.76. The Balaban J connectivity index is 3.46. The third-order valence-corrected chi connectivity index (χ3v) is 6.67. The van der Waals surface area contributed by atoms with E-state index in [4.69, 9.17) is 0 Å². The van der Waals surface area contributed by atoms with Gasteiger partial charge in [-0.25, -0.2) is 0 Å². The molecule has 0 spiro atoms. The van der Waals surface area contributed by atoms with E-state index in [9.17, 15) is 15.0 Å². The van der Waals surface area contributed by atoms with Crippen molar-refractivity contribution < 1.29 is 15.0 Å². The minimum Gasteiger partial charge on any atom is -0.394 e. The number of amides is 1. The van der Waals surface area contributed by atoms with Crippen LogP contribution in [0.15, 0.2) is 36.5 Å². The van der Waals surface area contributed by atoms with E-state index in [1.54, 1.807) is 13.0 Å². The molecule has 0 radical (unpaired) electrons. The van der Waals surface area contributed by atoms with Gasteiger partial charge in [-0.3, -0.25) is 4.79 Å². The van der Waals surface area contributed by atoms with Crippen molar-refractivity contribution in [1.29, 1.82) is 0 Å². The molecule has 3 N–H and O–H groups in total. The van der Waals surface area contributed by atoms with Crippen molar-refractivity contribution in [1.82, 2.24) is 5.32 Å². The smallest absolute Gasteiger partial charge is 0.220 e. The molecular formula is C32H59NO3. The number of nitrogens with one attached hydrogen (secondary N) is 1. The number of aliphatic hydroxyl groups is 2. The van der Waals surface area contributed by atoms with Gasteiger partial charge in [0.15, 0.2) is 0 Å². The van der Waals surface area contributed by atoms with Gasteiger partial charge in [0, 0.05) is 6.42 Å². The first-order chi connectivity index (χ1) is 17.7. The van der Waals surface area contributed by atoms with Crippen molar-refractivity contribution in [2.45, 2.75) is 154 Å². The lowest BCUT2D eigenvalue weighted by Gasteiger charge is -2.19. The molecule has 210 valence electrons. The van der Waals surface area contributed by atoms with Gasteiger partial charge in [-0.1, -0.05) is 134 Å². The maximum atomic E-state index is 11.4. The summed E-state index contributed by atoms with van der Waals surface area (Å²) in [7, 11) is 0. The van der Waals surface area contributed by atoms with Crippen molar-refractivity contribution >= 4 is 5.91 Å². The summed E-state index contributed by atoms with van der Waals surface area (Å²) >= 11 is 0. The summed E-state index contributed by atoms with van der Waals surface area (Å²) in [5.74, 6) is -0.168. The quantitative estimate of drug-likeness (QED) is 0.0817. The monoisotopic (exact) mass is 505 g/mol. The maximum Gasteiger partial charge on any atom is 0.220 e. The van der Waals surface area contributed by atoms with Gasteiger partial charge in [-0.05, 0) is 38.5 Å². The summed E-state index contributed by atoms with van der Waals surface area (Å²) in [5, 5.41) is 22.0. The Morgan fingerprint density at radius 2 is 1.06 bits per heavy atom. The van der Waals surface area contributed by atoms with Crippen LogP contribution in [0.25, 0.3) is 0 Å². The minimum atomic E-state index is -0.862. The lowest BCUT2D eigenvalue weighted by Crippen LogP contribution is -2.44. The lowest BCUT2D eigenvalue weighted by molar-refractivity contribution is -0.122. The fourth-order valence-electron chi connectivity index (χ4n) is 4.23. The Labute approximate surface area is 223 Å². The fraction of sp³-hybridized carbons (Fsp3) is 0.781. The van der Waals surface area contributed by atoms with Crippen LogP contribution in [0.3, 0.4) is 0 Å². The summed E-state index contributed by atoms with van der Waals surface area (Å²) in [6.07, 6.45) is 37.0. The minimum absolute atomic E-state index is 0.168. The Morgan fingerprint density at radius 3 is 1.50 bits per heavy atom. The molecule has 36 heavy (non-hydrogen) atoms. The molecule has 0 fully saturated rings. The number of unbranched alkanes of at least 4 members (excludes halogenated alkanes) is 16. The Hall–Kier alpha value is -1.39. The number of allylic oxidation sites excluding steroid dienone is 5. The second kappa shape index (κ2) is 28.2. The predicted octanol–water partition coefficient (Wildman–Crippen LogP) is 8.33. The average molecular weight is 506 g/mol. The van der Waals surface area contributed by atoms with E-state index in [0.29, 0.717) is 6.42 Å². The zero-order valence-corrected chi connectivity index (χ0v) is 23.8. The van der Waals surface area contributed by atoms with Gasteiger partial charge in [-0.2, -0.15) is 0 Å². The molecule has 0 aliphatic carbocycles. The van der Waals surface area contributed by atoms with Gasteiger partial charge >= 0.3 is 0 Å². The highest BCUT2D eigenvalue weighted by Gasteiger charge is 2.17. The average Bonchev–Trinajstić information content (AvgIpc) is 2.89. The molecule has 1 amide bonds. The van der Waals surface area contributed by atoms with E-state index < -0.39 is 12.1 Å². The van der Waals surface area contributed by atoms with Crippen LogP contribution < -0.4 is 5.32 Å². The van der Waals surface area contributed by atoms with Gasteiger partial charge in [0.25, 0.3) is 0 Å². The predicted molar refractivity (Wildman–Crippen MR) is 156 cm³/mol. The first-order valence-electron chi connectivity index (χ1n) is 15.2. The third-order valence-electron chi connectivity index (χ3n) is 6.67. The SMILES string of the molecule is CCCCCCCCCCCCCCCC/C=C/CC/C=C/CC/C=C/C(O)C(CO)NC(=O)CC. The molecule has 2 unspecified atom stereocenters. The molecule has 4 nitrogen and oxygen atoms in total. The lowest BCUT2D eigenvalue weighted by atomic mass is 10.0. The van der Waals surface area contributed by atoms with Gasteiger partial charge in [0.2, 0.25) is 5.91 Å². The van der Waals surface area contributed by atoms with Crippen molar-refractivity contribution in [2.75, 3.05) is 6.61 Å². The number of aliphatic hydroxyl groups excluding tert-OH is 2. The number of hydrogen-bond donors (Lipinski definition) is 3. The van der Waals surface area contributed by atoms with Crippen LogP contribution in [0.1, 0.15) is 142 Å². The van der Waals surface area contributed by atoms with Crippen LogP contribution in [0.5, 0.6) is 0 Å². The number of rotatable bonds is 26. The number of carbonyl (C=O) groups excluding carboxylic acids is 1. The largest absolute Gasteiger partial charge is 0.394 e. The second-order valence-corrected chi connectivity index (χ2v) is 10.1. The topological polar surface area (TPSA) is 69.6 Å². The second-order valence-electron chi connectivity index (χ2n) is 10.1. The van der Waals surface area contributed by atoms with E-state index in [0.717, 1.165) is 25.7 Å². The summed E-state index contributed by atoms with van der Waals surface area (Å²) in [6, 6.07) is -0.638. The molecule has 0 aliphatic rings. The highest BCUT2D eigenvalue weighted by molar-refractivity contribution is 5.75. The van der Waals surface area contributed by atoms with Crippen LogP contribution in [-0.4, -0.2) is 34.9 Å². The molecule has 0 aromatic heterocycles. The first-order valence-corrected chi connectivity index (χ1v) is 15.2. The van der Waals surface area contributed by atoms with Crippen molar-refractivity contribution in [3.8, 4) is 0 Å². The van der Waals surface area contributed by atoms with Crippen molar-refractivity contribution in [3.05, 3.63) is 36.5 Å². The van der Waals surface area contributed by atoms with Crippen LogP contribution >= 0.6 is 0 Å². The summed E-state index contributed by atoms with van der Waals surface area (Å²) in [5.41, 5.74) is 0. The van der Waals surface area contributed by atoms with Crippen LogP contribution in [-0.2, 0) is 4.79 Å². The van der Waals surface area contributed by atoms with E-state index >= 15 is 0 Å². The molecule has 0 saturated heterocycles. The van der Waals surface area contributed by atoms with E-state index in [-0.39, 0.29) is 12.5 Å². The third kappa shape index (κ3) is 24.3. The fourth-order valence-corrected chi connectivity index (χ4v) is 4.23. The standard InChI is InChI=1S/C32H59NO3/c1-3-5-6-7-8-9-10-11-12-13-14-15-16-17-18-19-20-21-22-23-24-25-26-27-28-31(35)30(29-34)33-32(36)4-2/h19-20,23-24,27-28,30-31,34-35H,3-18,21-22,25-26,29H2,1-2H3,(H,33,36)/b20-19+,24-23+,28-27+. The van der Waals surface area contributed by atoms with Crippen LogP contribution in [0, 0.1) is 0 Å². The molecule has 2 atom stereocenters. The molecule has 0 aromatic rings. The maximum absolute atomic E-state index is 11.4. The molecule has 0 heterocycles. The van der Waals surface area contributed by atoms with E-state index in [2.05, 4.69) is 36.5 Å². The molecule has 0 bridgehead atoms. The Bertz CT molecular complexity index is 556. The number of carbonyl (C=O) groups is 1. The van der Waals surface area contributed by atoms with E-state index in [1.165, 1.54) is 96.3 Å². The normalized spacial score (nSPS) is 13.8. The zero-order valence-electron chi connectivity index (χ0n) is 23.8. The molecule has 0 aromatic carbocycles. The van der Waals surface area contributed by atoms with Gasteiger partial charge in [-0.15, -0.1) is 0 Å². The van der Waals surface area contributed by atoms with Gasteiger partial charge in [0.05, 0.1) is 18.8 Å². The summed E-state index contributed by atoms with van der Waals surface area (Å²) < 4.78 is 0. The zero-order chi connectivity index (χ0) is 26.5. The summed E-state index contributed by atoms with van der Waals surface area (Å²) in [4.78, 5) is 11.4. The van der Waals surface area contributed by atoms with Gasteiger partial charge in [0.1, 0.15) is 0 Å². The van der Waals surface area contributed by atoms with Crippen LogP contribution in [0.4, 0.5) is 0 Å². The highest BCUT2D eigenvalue weighted by Crippen LogP contribution is 2.13. The molecule has 0 saturated carbocycles. The molecule has 0 rings (SSSR count).